The van der Waals surface area contributed by atoms with E-state index in [1.807, 2.05) is 24.3 Å². The number of aromatic hydroxyl groups is 1. The van der Waals surface area contributed by atoms with E-state index in [-0.39, 0.29) is 5.75 Å². The zero-order valence-corrected chi connectivity index (χ0v) is 17.6. The summed E-state index contributed by atoms with van der Waals surface area (Å²) in [7, 11) is 0. The molecule has 4 aromatic carbocycles. The largest absolute Gasteiger partial charge is 0.508 e. The third-order valence-corrected chi connectivity index (χ3v) is 5.13. The topological polar surface area (TPSA) is 73.3 Å². The molecule has 0 amide bonds. The Kier molecular flexibility index (Phi) is 6.04. The Morgan fingerprint density at radius 1 is 0.688 bits per heavy atom. The Labute approximate surface area is 186 Å². The Balaban J connectivity index is 0.000000567. The standard InChI is InChI=1S/C26H19NO.C2H4O2/c28-21-16-14-20(15-17-21)26-24(19-10-5-2-6-11-19)25-22(12-7-13-23(25)27-26)18-8-3-1-4-9-18;1-2(3)4/h1-17,27-28H;1H3,(H,3,4). The number of carboxylic acids is 1. The normalized spacial score (nSPS) is 10.4. The summed E-state index contributed by atoms with van der Waals surface area (Å²) in [6.45, 7) is 1.08. The molecule has 0 aliphatic heterocycles. The van der Waals surface area contributed by atoms with Crippen molar-refractivity contribution in [3.05, 3.63) is 103 Å². The molecule has 0 spiro atoms. The molecule has 32 heavy (non-hydrogen) atoms. The van der Waals surface area contributed by atoms with Crippen LogP contribution in [0, 0.1) is 0 Å². The summed E-state index contributed by atoms with van der Waals surface area (Å²) in [5.74, 6) is -0.564. The monoisotopic (exact) mass is 421 g/mol. The number of nitrogens with one attached hydrogen (secondary N) is 1. The van der Waals surface area contributed by atoms with Crippen molar-refractivity contribution in [3.8, 4) is 39.3 Å². The molecule has 1 aromatic heterocycles. The molecule has 0 saturated carbocycles. The molecule has 0 unspecified atom stereocenters. The predicted molar refractivity (Wildman–Crippen MR) is 130 cm³/mol. The minimum atomic E-state index is -0.833. The summed E-state index contributed by atoms with van der Waals surface area (Å²) >= 11 is 0. The van der Waals surface area contributed by atoms with Crippen LogP contribution in [0.5, 0.6) is 5.75 Å². The van der Waals surface area contributed by atoms with Gasteiger partial charge < -0.3 is 15.2 Å². The number of carboxylic acid groups (broad SMARTS) is 1. The maximum atomic E-state index is 9.71. The summed E-state index contributed by atoms with van der Waals surface area (Å²) in [6.07, 6.45) is 0. The molecule has 0 aliphatic carbocycles. The second kappa shape index (κ2) is 9.23. The lowest BCUT2D eigenvalue weighted by Gasteiger charge is -2.09. The van der Waals surface area contributed by atoms with Crippen molar-refractivity contribution >= 4 is 16.9 Å². The number of benzene rings is 4. The number of aromatic amines is 1. The first-order chi connectivity index (χ1) is 15.5. The minimum absolute atomic E-state index is 0.270. The van der Waals surface area contributed by atoms with Gasteiger partial charge in [0.25, 0.3) is 5.97 Å². The highest BCUT2D eigenvalue weighted by atomic mass is 16.4. The average Bonchev–Trinajstić information content (AvgIpc) is 3.20. The van der Waals surface area contributed by atoms with E-state index in [2.05, 4.69) is 71.7 Å². The molecule has 0 bridgehead atoms. The molecule has 158 valence electrons. The van der Waals surface area contributed by atoms with Crippen LogP contribution in [0.4, 0.5) is 0 Å². The molecule has 0 fully saturated rings. The molecular weight excluding hydrogens is 398 g/mol. The number of phenolic OH excluding ortho intramolecular Hbond substituents is 1. The summed E-state index contributed by atoms with van der Waals surface area (Å²) < 4.78 is 0. The van der Waals surface area contributed by atoms with Gasteiger partial charge >= 0.3 is 0 Å². The van der Waals surface area contributed by atoms with Gasteiger partial charge in [0.05, 0.1) is 5.69 Å². The minimum Gasteiger partial charge on any atom is -0.508 e. The second-order valence-corrected chi connectivity index (χ2v) is 7.40. The van der Waals surface area contributed by atoms with Crippen LogP contribution in [0.2, 0.25) is 0 Å². The fourth-order valence-electron chi connectivity index (χ4n) is 3.84. The molecule has 0 aliphatic rings. The van der Waals surface area contributed by atoms with Crippen molar-refractivity contribution in [2.45, 2.75) is 6.92 Å². The third kappa shape index (κ3) is 4.40. The van der Waals surface area contributed by atoms with Gasteiger partial charge in [-0.1, -0.05) is 72.8 Å². The van der Waals surface area contributed by atoms with Crippen LogP contribution in [0.3, 0.4) is 0 Å². The van der Waals surface area contributed by atoms with E-state index in [1.54, 1.807) is 12.1 Å². The molecule has 5 aromatic rings. The molecular formula is C28H23NO3. The first kappa shape index (κ1) is 20.9. The lowest BCUT2D eigenvalue weighted by Crippen LogP contribution is -1.84. The number of fused-ring (bicyclic) bond motifs is 1. The Morgan fingerprint density at radius 2 is 1.25 bits per heavy atom. The van der Waals surface area contributed by atoms with E-state index in [0.29, 0.717) is 0 Å². The molecule has 0 radical (unpaired) electrons. The molecule has 0 atom stereocenters. The molecule has 3 N–H and O–H groups in total. The lowest BCUT2D eigenvalue weighted by atomic mass is 9.93. The SMILES string of the molecule is CC(=O)O.Oc1ccc(-c2[nH]c3cccc(-c4ccccc4)c3c2-c2ccccc2)cc1. The van der Waals surface area contributed by atoms with Crippen LogP contribution in [-0.4, -0.2) is 21.2 Å². The molecule has 4 nitrogen and oxygen atoms in total. The number of hydrogen-bond donors (Lipinski definition) is 3. The number of aromatic nitrogens is 1. The van der Waals surface area contributed by atoms with Gasteiger partial charge in [0.2, 0.25) is 0 Å². The van der Waals surface area contributed by atoms with Gasteiger partial charge in [-0.3, -0.25) is 4.79 Å². The van der Waals surface area contributed by atoms with E-state index < -0.39 is 5.97 Å². The highest BCUT2D eigenvalue weighted by Gasteiger charge is 2.18. The smallest absolute Gasteiger partial charge is 0.300 e. The van der Waals surface area contributed by atoms with E-state index in [9.17, 15) is 5.11 Å². The van der Waals surface area contributed by atoms with Crippen LogP contribution in [-0.2, 0) is 4.79 Å². The number of phenols is 1. The number of hydrogen-bond acceptors (Lipinski definition) is 2. The fourth-order valence-corrected chi connectivity index (χ4v) is 3.84. The van der Waals surface area contributed by atoms with Crippen LogP contribution in [0.25, 0.3) is 44.4 Å². The molecule has 5 rings (SSSR count). The van der Waals surface area contributed by atoms with Crippen molar-refractivity contribution in [1.29, 1.82) is 0 Å². The number of rotatable bonds is 3. The zero-order chi connectivity index (χ0) is 22.5. The van der Waals surface area contributed by atoms with E-state index >= 15 is 0 Å². The third-order valence-electron chi connectivity index (χ3n) is 5.13. The molecule has 4 heteroatoms. The highest BCUT2D eigenvalue weighted by Crippen LogP contribution is 2.42. The Bertz CT molecular complexity index is 1330. The van der Waals surface area contributed by atoms with Gasteiger partial charge in [0.15, 0.2) is 0 Å². The van der Waals surface area contributed by atoms with Crippen LogP contribution in [0.15, 0.2) is 103 Å². The van der Waals surface area contributed by atoms with Gasteiger partial charge in [-0.25, -0.2) is 0 Å². The molecule has 1 heterocycles. The van der Waals surface area contributed by atoms with Crippen molar-refractivity contribution in [2.75, 3.05) is 0 Å². The maximum Gasteiger partial charge on any atom is 0.300 e. The van der Waals surface area contributed by atoms with Gasteiger partial charge in [-0.2, -0.15) is 0 Å². The summed E-state index contributed by atoms with van der Waals surface area (Å²) in [5.41, 5.74) is 7.96. The van der Waals surface area contributed by atoms with Crippen LogP contribution < -0.4 is 0 Å². The highest BCUT2D eigenvalue weighted by molar-refractivity contribution is 6.10. The quantitative estimate of drug-likeness (QED) is 0.295. The van der Waals surface area contributed by atoms with E-state index in [0.717, 1.165) is 23.7 Å². The van der Waals surface area contributed by atoms with Crippen molar-refractivity contribution in [1.82, 2.24) is 4.98 Å². The molecule has 0 saturated heterocycles. The number of aliphatic carboxylic acids is 1. The van der Waals surface area contributed by atoms with Gasteiger partial charge in [0, 0.05) is 23.4 Å². The van der Waals surface area contributed by atoms with Gasteiger partial charge in [0.1, 0.15) is 5.75 Å². The Morgan fingerprint density at radius 3 is 1.84 bits per heavy atom. The van der Waals surface area contributed by atoms with Crippen molar-refractivity contribution in [2.24, 2.45) is 0 Å². The van der Waals surface area contributed by atoms with Crippen LogP contribution in [0.1, 0.15) is 6.92 Å². The number of carbonyl (C=O) groups is 1. The average molecular weight is 421 g/mol. The first-order valence-electron chi connectivity index (χ1n) is 10.3. The predicted octanol–water partition coefficient (Wildman–Crippen LogP) is 6.97. The summed E-state index contributed by atoms with van der Waals surface area (Å²) in [5, 5.41) is 18.3. The van der Waals surface area contributed by atoms with Crippen LogP contribution >= 0.6 is 0 Å². The summed E-state index contributed by atoms with van der Waals surface area (Å²) in [6, 6.07) is 34.7. The van der Waals surface area contributed by atoms with Gasteiger partial charge in [-0.15, -0.1) is 0 Å². The van der Waals surface area contributed by atoms with E-state index in [1.165, 1.54) is 27.6 Å². The first-order valence-corrected chi connectivity index (χ1v) is 10.3. The maximum absolute atomic E-state index is 9.71. The van der Waals surface area contributed by atoms with Crippen molar-refractivity contribution < 1.29 is 15.0 Å². The Hall–Kier alpha value is -4.31. The number of H-pyrrole nitrogens is 1. The lowest BCUT2D eigenvalue weighted by molar-refractivity contribution is -0.134. The van der Waals surface area contributed by atoms with Crippen molar-refractivity contribution in [3.63, 3.8) is 0 Å². The summed E-state index contributed by atoms with van der Waals surface area (Å²) in [4.78, 5) is 12.6. The van der Waals surface area contributed by atoms with Gasteiger partial charge in [-0.05, 0) is 52.6 Å². The fraction of sp³-hybridized carbons (Fsp3) is 0.0357. The zero-order valence-electron chi connectivity index (χ0n) is 17.6. The van der Waals surface area contributed by atoms with E-state index in [4.69, 9.17) is 9.90 Å². The second-order valence-electron chi connectivity index (χ2n) is 7.40.